The van der Waals surface area contributed by atoms with E-state index in [-0.39, 0.29) is 0 Å². The van der Waals surface area contributed by atoms with E-state index in [1.807, 2.05) is 37.3 Å². The van der Waals surface area contributed by atoms with Crippen molar-refractivity contribution in [2.24, 2.45) is 5.73 Å². The summed E-state index contributed by atoms with van der Waals surface area (Å²) in [5.41, 5.74) is 7.44. The molecule has 4 rings (SSSR count). The fourth-order valence-electron chi connectivity index (χ4n) is 2.87. The quantitative estimate of drug-likeness (QED) is 0.791. The van der Waals surface area contributed by atoms with Crippen molar-refractivity contribution in [1.29, 1.82) is 0 Å². The highest BCUT2D eigenvalue weighted by Crippen LogP contribution is 2.25. The van der Waals surface area contributed by atoms with Gasteiger partial charge < -0.3 is 19.8 Å². The van der Waals surface area contributed by atoms with Crippen molar-refractivity contribution in [3.05, 3.63) is 36.2 Å². The number of anilines is 1. The van der Waals surface area contributed by atoms with E-state index in [0.717, 1.165) is 42.8 Å². The second kappa shape index (κ2) is 6.09. The first-order valence-corrected chi connectivity index (χ1v) is 8.07. The van der Waals surface area contributed by atoms with E-state index in [1.54, 1.807) is 0 Å². The maximum Gasteiger partial charge on any atom is 0.238 e. The van der Waals surface area contributed by atoms with Crippen molar-refractivity contribution in [3.8, 4) is 11.6 Å². The zero-order chi connectivity index (χ0) is 16.5. The fourth-order valence-corrected chi connectivity index (χ4v) is 2.87. The van der Waals surface area contributed by atoms with Gasteiger partial charge in [-0.1, -0.05) is 0 Å². The number of fused-ring (bicyclic) bond motifs is 1. The van der Waals surface area contributed by atoms with Gasteiger partial charge >= 0.3 is 0 Å². The average Bonchev–Trinajstić information content (AvgIpc) is 2.96. The van der Waals surface area contributed by atoms with E-state index < -0.39 is 0 Å². The third kappa shape index (κ3) is 3.03. The summed E-state index contributed by atoms with van der Waals surface area (Å²) in [6, 6.07) is 9.55. The molecule has 7 nitrogen and oxygen atoms in total. The van der Waals surface area contributed by atoms with Gasteiger partial charge in [-0.3, -0.25) is 0 Å². The number of hydrogen-bond acceptors (Lipinski definition) is 7. The van der Waals surface area contributed by atoms with Crippen molar-refractivity contribution in [1.82, 2.24) is 15.2 Å². The van der Waals surface area contributed by atoms with E-state index >= 15 is 0 Å². The van der Waals surface area contributed by atoms with Gasteiger partial charge in [0, 0.05) is 38.2 Å². The molecule has 1 aliphatic heterocycles. The van der Waals surface area contributed by atoms with Crippen molar-refractivity contribution < 1.29 is 9.15 Å². The SMILES string of the molecule is Cc1nc2cc(Oc3ccc(N4CCC(N)CC4)nn3)ccc2o1. The summed E-state index contributed by atoms with van der Waals surface area (Å²) in [5, 5.41) is 8.43. The number of aromatic nitrogens is 3. The number of ether oxygens (including phenoxy) is 1. The monoisotopic (exact) mass is 325 g/mol. The predicted octanol–water partition coefficient (Wildman–Crippen LogP) is 2.65. The van der Waals surface area contributed by atoms with Crippen molar-refractivity contribution >= 4 is 16.9 Å². The largest absolute Gasteiger partial charge is 0.441 e. The van der Waals surface area contributed by atoms with Crippen LogP contribution in [-0.2, 0) is 0 Å². The Morgan fingerprint density at radius 1 is 1.17 bits per heavy atom. The summed E-state index contributed by atoms with van der Waals surface area (Å²) < 4.78 is 11.2. The Kier molecular flexibility index (Phi) is 3.78. The van der Waals surface area contributed by atoms with Gasteiger partial charge in [0.2, 0.25) is 5.88 Å². The first kappa shape index (κ1) is 14.9. The molecule has 1 aromatic carbocycles. The van der Waals surface area contributed by atoms with Crippen LogP contribution < -0.4 is 15.4 Å². The minimum absolute atomic E-state index is 0.298. The molecule has 0 unspecified atom stereocenters. The second-order valence-electron chi connectivity index (χ2n) is 6.02. The number of benzene rings is 1. The lowest BCUT2D eigenvalue weighted by Crippen LogP contribution is -2.40. The first-order chi connectivity index (χ1) is 11.7. The molecule has 1 aliphatic rings. The van der Waals surface area contributed by atoms with Crippen LogP contribution in [0.5, 0.6) is 11.6 Å². The Bertz CT molecular complexity index is 838. The van der Waals surface area contributed by atoms with Crippen molar-refractivity contribution in [3.63, 3.8) is 0 Å². The predicted molar refractivity (Wildman–Crippen MR) is 90.3 cm³/mol. The van der Waals surface area contributed by atoms with Crippen LogP contribution in [0.2, 0.25) is 0 Å². The highest BCUT2D eigenvalue weighted by atomic mass is 16.5. The summed E-state index contributed by atoms with van der Waals surface area (Å²) in [5.74, 6) is 2.60. The number of oxazole rings is 1. The zero-order valence-electron chi connectivity index (χ0n) is 13.5. The van der Waals surface area contributed by atoms with Gasteiger partial charge in [0.05, 0.1) is 0 Å². The van der Waals surface area contributed by atoms with Crippen LogP contribution in [0.25, 0.3) is 11.1 Å². The van der Waals surface area contributed by atoms with Crippen LogP contribution >= 0.6 is 0 Å². The van der Waals surface area contributed by atoms with Crippen molar-refractivity contribution in [2.45, 2.75) is 25.8 Å². The van der Waals surface area contributed by atoms with Crippen LogP contribution in [0, 0.1) is 6.92 Å². The molecule has 2 aromatic heterocycles. The number of nitrogens with zero attached hydrogens (tertiary/aromatic N) is 4. The normalized spacial score (nSPS) is 15.8. The topological polar surface area (TPSA) is 90.3 Å². The van der Waals surface area contributed by atoms with E-state index in [4.69, 9.17) is 14.9 Å². The fraction of sp³-hybridized carbons (Fsp3) is 0.353. The van der Waals surface area contributed by atoms with Crippen LogP contribution in [-0.4, -0.2) is 34.3 Å². The maximum absolute atomic E-state index is 5.93. The number of hydrogen-bond donors (Lipinski definition) is 1. The molecule has 3 aromatic rings. The summed E-state index contributed by atoms with van der Waals surface area (Å²) in [7, 11) is 0. The Morgan fingerprint density at radius 3 is 2.75 bits per heavy atom. The zero-order valence-corrected chi connectivity index (χ0v) is 13.5. The summed E-state index contributed by atoms with van der Waals surface area (Å²) >= 11 is 0. The van der Waals surface area contributed by atoms with E-state index in [0.29, 0.717) is 23.6 Å². The molecule has 2 N–H and O–H groups in total. The Hall–Kier alpha value is -2.67. The molecule has 124 valence electrons. The minimum Gasteiger partial charge on any atom is -0.441 e. The van der Waals surface area contributed by atoms with Gasteiger partial charge in [-0.15, -0.1) is 10.2 Å². The van der Waals surface area contributed by atoms with Crippen molar-refractivity contribution in [2.75, 3.05) is 18.0 Å². The van der Waals surface area contributed by atoms with Gasteiger partial charge in [0.25, 0.3) is 0 Å². The molecule has 0 aliphatic carbocycles. The number of aryl methyl sites for hydroxylation is 1. The maximum atomic E-state index is 5.93. The van der Waals surface area contributed by atoms with E-state index in [9.17, 15) is 0 Å². The molecular weight excluding hydrogens is 306 g/mol. The summed E-state index contributed by atoms with van der Waals surface area (Å²) in [6.45, 7) is 3.65. The minimum atomic E-state index is 0.298. The molecule has 3 heterocycles. The number of rotatable bonds is 3. The molecule has 1 saturated heterocycles. The lowest BCUT2D eigenvalue weighted by molar-refractivity contribution is 0.453. The smallest absolute Gasteiger partial charge is 0.238 e. The molecule has 1 fully saturated rings. The lowest BCUT2D eigenvalue weighted by atomic mass is 10.1. The van der Waals surface area contributed by atoms with Gasteiger partial charge in [0.15, 0.2) is 17.3 Å². The Labute approximate surface area is 139 Å². The molecule has 0 bridgehead atoms. The number of piperidine rings is 1. The molecule has 0 radical (unpaired) electrons. The molecule has 24 heavy (non-hydrogen) atoms. The number of nitrogens with two attached hydrogens (primary N) is 1. The molecule has 0 spiro atoms. The van der Waals surface area contributed by atoms with Crippen LogP contribution in [0.15, 0.2) is 34.7 Å². The van der Waals surface area contributed by atoms with Gasteiger partial charge in [-0.2, -0.15) is 0 Å². The second-order valence-corrected chi connectivity index (χ2v) is 6.02. The van der Waals surface area contributed by atoms with Gasteiger partial charge in [0.1, 0.15) is 11.3 Å². The molecule has 7 heteroatoms. The van der Waals surface area contributed by atoms with Crippen LogP contribution in [0.4, 0.5) is 5.82 Å². The highest BCUT2D eigenvalue weighted by Gasteiger charge is 2.17. The molecule has 0 amide bonds. The lowest BCUT2D eigenvalue weighted by Gasteiger charge is -2.30. The van der Waals surface area contributed by atoms with Crippen LogP contribution in [0.3, 0.4) is 0 Å². The third-order valence-electron chi connectivity index (χ3n) is 4.18. The van der Waals surface area contributed by atoms with Gasteiger partial charge in [-0.05, 0) is 31.0 Å². The molecular formula is C17H19N5O2. The highest BCUT2D eigenvalue weighted by molar-refractivity contribution is 5.74. The van der Waals surface area contributed by atoms with Crippen LogP contribution in [0.1, 0.15) is 18.7 Å². The molecule has 0 atom stereocenters. The van der Waals surface area contributed by atoms with E-state index in [1.165, 1.54) is 0 Å². The average molecular weight is 325 g/mol. The van der Waals surface area contributed by atoms with E-state index in [2.05, 4.69) is 20.1 Å². The summed E-state index contributed by atoms with van der Waals surface area (Å²) in [4.78, 5) is 6.50. The summed E-state index contributed by atoms with van der Waals surface area (Å²) in [6.07, 6.45) is 1.97. The Morgan fingerprint density at radius 2 is 2.00 bits per heavy atom. The first-order valence-electron chi connectivity index (χ1n) is 8.07. The Balaban J connectivity index is 1.48. The standard InChI is InChI=1S/C17H19N5O2/c1-11-19-14-10-13(2-3-15(14)23-11)24-17-5-4-16(20-21-17)22-8-6-12(18)7-9-22/h2-5,10,12H,6-9,18H2,1H3. The molecule has 0 saturated carbocycles. The van der Waals surface area contributed by atoms with Gasteiger partial charge in [-0.25, -0.2) is 4.98 Å². The third-order valence-corrected chi connectivity index (χ3v) is 4.18.